The molecule has 0 bridgehead atoms. The van der Waals surface area contributed by atoms with E-state index in [0.717, 1.165) is 22.1 Å². The monoisotopic (exact) mass is 375 g/mol. The largest absolute Gasteiger partial charge is 0.300 e. The molecule has 1 aromatic heterocycles. The Kier molecular flexibility index (Phi) is 6.95. The number of nitrogens with one attached hydrogen (secondary N) is 1. The molecule has 2 aromatic rings. The minimum atomic E-state index is -0.103. The smallest absolute Gasteiger partial charge is 0.226 e. The van der Waals surface area contributed by atoms with Crippen LogP contribution in [-0.4, -0.2) is 21.9 Å². The van der Waals surface area contributed by atoms with Gasteiger partial charge in [0.05, 0.1) is 0 Å². The van der Waals surface area contributed by atoms with Crippen molar-refractivity contribution in [3.8, 4) is 0 Å². The summed E-state index contributed by atoms with van der Waals surface area (Å²) in [5, 5.41) is 12.5. The number of amides is 1. The van der Waals surface area contributed by atoms with E-state index in [1.165, 1.54) is 11.3 Å². The van der Waals surface area contributed by atoms with Crippen LogP contribution in [0.4, 0.5) is 5.13 Å². The standard InChI is InChI=1S/C14H15Cl2N3OS2/c1-2-7-21-14-19-18-13(22-14)17-12(20)6-4-9-3-5-10(15)8-11(9)16/h3,5,8H,2,4,6-7H2,1H3,(H,17,18,20). The van der Waals surface area contributed by atoms with E-state index in [2.05, 4.69) is 22.4 Å². The van der Waals surface area contributed by atoms with E-state index >= 15 is 0 Å². The van der Waals surface area contributed by atoms with Crippen LogP contribution >= 0.6 is 46.3 Å². The molecule has 0 aliphatic carbocycles. The quantitative estimate of drug-likeness (QED) is 0.551. The summed E-state index contributed by atoms with van der Waals surface area (Å²) in [6.07, 6.45) is 1.96. The molecule has 0 spiro atoms. The molecule has 2 rings (SSSR count). The highest BCUT2D eigenvalue weighted by Crippen LogP contribution is 2.26. The van der Waals surface area contributed by atoms with Gasteiger partial charge in [0.25, 0.3) is 0 Å². The molecule has 0 saturated heterocycles. The summed E-state index contributed by atoms with van der Waals surface area (Å²) in [6, 6.07) is 5.28. The molecule has 1 heterocycles. The zero-order valence-electron chi connectivity index (χ0n) is 11.9. The molecule has 0 saturated carbocycles. The fraction of sp³-hybridized carbons (Fsp3) is 0.357. The lowest BCUT2D eigenvalue weighted by Crippen LogP contribution is -2.12. The third-order valence-corrected chi connectivity index (χ3v) is 5.48. The molecule has 0 aliphatic heterocycles. The number of aryl methyl sites for hydroxylation is 1. The van der Waals surface area contributed by atoms with Crippen LogP contribution in [-0.2, 0) is 11.2 Å². The van der Waals surface area contributed by atoms with E-state index in [-0.39, 0.29) is 5.91 Å². The fourth-order valence-corrected chi connectivity index (χ4v) is 3.86. The number of hydrogen-bond donors (Lipinski definition) is 1. The van der Waals surface area contributed by atoms with Crippen LogP contribution in [0.2, 0.25) is 10.0 Å². The Morgan fingerprint density at radius 1 is 1.36 bits per heavy atom. The van der Waals surface area contributed by atoms with E-state index in [0.29, 0.717) is 28.0 Å². The van der Waals surface area contributed by atoms with E-state index < -0.39 is 0 Å². The summed E-state index contributed by atoms with van der Waals surface area (Å²) in [4.78, 5) is 11.9. The number of halogens is 2. The number of anilines is 1. The highest BCUT2D eigenvalue weighted by atomic mass is 35.5. The zero-order chi connectivity index (χ0) is 15.9. The van der Waals surface area contributed by atoms with E-state index in [9.17, 15) is 4.79 Å². The van der Waals surface area contributed by atoms with Gasteiger partial charge in [0, 0.05) is 22.2 Å². The third-order valence-electron chi connectivity index (χ3n) is 2.72. The maximum atomic E-state index is 11.9. The Bertz CT molecular complexity index is 649. The number of benzene rings is 1. The van der Waals surface area contributed by atoms with Crippen LogP contribution in [0.5, 0.6) is 0 Å². The number of hydrogen-bond acceptors (Lipinski definition) is 5. The SMILES string of the molecule is CCCSc1nnc(NC(=O)CCc2ccc(Cl)cc2Cl)s1. The van der Waals surface area contributed by atoms with Gasteiger partial charge in [-0.25, -0.2) is 0 Å². The summed E-state index contributed by atoms with van der Waals surface area (Å²) < 4.78 is 0.873. The van der Waals surface area contributed by atoms with Crippen molar-refractivity contribution in [1.29, 1.82) is 0 Å². The Balaban J connectivity index is 1.83. The highest BCUT2D eigenvalue weighted by molar-refractivity contribution is 8.01. The van der Waals surface area contributed by atoms with Crippen LogP contribution < -0.4 is 5.32 Å². The van der Waals surface area contributed by atoms with E-state index in [1.807, 2.05) is 6.07 Å². The summed E-state index contributed by atoms with van der Waals surface area (Å²) >= 11 is 15.0. The Hall–Kier alpha value is -0.820. The lowest BCUT2D eigenvalue weighted by atomic mass is 10.1. The Labute approximate surface area is 147 Å². The molecule has 0 unspecified atom stereocenters. The van der Waals surface area contributed by atoms with Crippen molar-refractivity contribution < 1.29 is 4.79 Å². The van der Waals surface area contributed by atoms with Gasteiger partial charge in [-0.1, -0.05) is 59.3 Å². The van der Waals surface area contributed by atoms with Gasteiger partial charge < -0.3 is 5.32 Å². The molecule has 0 fully saturated rings. The van der Waals surface area contributed by atoms with Crippen LogP contribution in [0.25, 0.3) is 0 Å². The molecule has 0 atom stereocenters. The molecule has 4 nitrogen and oxygen atoms in total. The second-order valence-corrected chi connectivity index (χ2v) is 7.67. The van der Waals surface area contributed by atoms with Crippen LogP contribution in [0.1, 0.15) is 25.3 Å². The van der Waals surface area contributed by atoms with Crippen molar-refractivity contribution in [2.75, 3.05) is 11.1 Å². The first-order valence-electron chi connectivity index (χ1n) is 6.78. The molecule has 1 N–H and O–H groups in total. The lowest BCUT2D eigenvalue weighted by Gasteiger charge is -2.04. The topological polar surface area (TPSA) is 54.9 Å². The third kappa shape index (κ3) is 5.43. The average molecular weight is 376 g/mol. The van der Waals surface area contributed by atoms with Crippen molar-refractivity contribution in [3.05, 3.63) is 33.8 Å². The highest BCUT2D eigenvalue weighted by Gasteiger charge is 2.10. The number of nitrogens with zero attached hydrogens (tertiary/aromatic N) is 2. The number of carbonyl (C=O) groups excluding carboxylic acids is 1. The molecule has 22 heavy (non-hydrogen) atoms. The number of thioether (sulfide) groups is 1. The second kappa shape index (κ2) is 8.72. The number of rotatable bonds is 7. The summed E-state index contributed by atoms with van der Waals surface area (Å²) in [5.74, 6) is 0.895. The second-order valence-electron chi connectivity index (χ2n) is 4.51. The minimum absolute atomic E-state index is 0.103. The van der Waals surface area contributed by atoms with E-state index in [4.69, 9.17) is 23.2 Å². The van der Waals surface area contributed by atoms with Crippen LogP contribution in [0, 0.1) is 0 Å². The van der Waals surface area contributed by atoms with Crippen molar-refractivity contribution in [3.63, 3.8) is 0 Å². The van der Waals surface area contributed by atoms with Crippen LogP contribution in [0.3, 0.4) is 0 Å². The van der Waals surface area contributed by atoms with Gasteiger partial charge in [-0.3, -0.25) is 4.79 Å². The number of carbonyl (C=O) groups is 1. The molecular formula is C14H15Cl2N3OS2. The Morgan fingerprint density at radius 2 is 2.18 bits per heavy atom. The molecule has 8 heteroatoms. The van der Waals surface area contributed by atoms with Crippen molar-refractivity contribution in [1.82, 2.24) is 10.2 Å². The summed E-state index contributed by atoms with van der Waals surface area (Å²) in [6.45, 7) is 2.11. The van der Waals surface area contributed by atoms with Gasteiger partial charge >= 0.3 is 0 Å². The molecule has 1 amide bonds. The normalized spacial score (nSPS) is 10.7. The molecule has 0 radical (unpaired) electrons. The molecule has 1 aromatic carbocycles. The van der Waals surface area contributed by atoms with Crippen LogP contribution in [0.15, 0.2) is 22.5 Å². The summed E-state index contributed by atoms with van der Waals surface area (Å²) in [5.41, 5.74) is 0.901. The van der Waals surface area contributed by atoms with Gasteiger partial charge in [-0.2, -0.15) is 0 Å². The Morgan fingerprint density at radius 3 is 2.91 bits per heavy atom. The van der Waals surface area contributed by atoms with Gasteiger partial charge in [-0.15, -0.1) is 10.2 Å². The summed E-state index contributed by atoms with van der Waals surface area (Å²) in [7, 11) is 0. The van der Waals surface area contributed by atoms with Crippen molar-refractivity contribution >= 4 is 57.3 Å². The van der Waals surface area contributed by atoms with Gasteiger partial charge in [-0.05, 0) is 30.5 Å². The first-order chi connectivity index (χ1) is 10.6. The van der Waals surface area contributed by atoms with Gasteiger partial charge in [0.15, 0.2) is 4.34 Å². The molecular weight excluding hydrogens is 361 g/mol. The van der Waals surface area contributed by atoms with Crippen molar-refractivity contribution in [2.45, 2.75) is 30.5 Å². The number of aromatic nitrogens is 2. The lowest BCUT2D eigenvalue weighted by molar-refractivity contribution is -0.116. The average Bonchev–Trinajstić information content (AvgIpc) is 2.91. The predicted molar refractivity (Wildman–Crippen MR) is 94.3 cm³/mol. The van der Waals surface area contributed by atoms with E-state index in [1.54, 1.807) is 23.9 Å². The first-order valence-corrected chi connectivity index (χ1v) is 9.34. The first kappa shape index (κ1) is 17.5. The molecule has 118 valence electrons. The van der Waals surface area contributed by atoms with Gasteiger partial charge in [0.1, 0.15) is 0 Å². The maximum absolute atomic E-state index is 11.9. The predicted octanol–water partition coefficient (Wildman–Crippen LogP) is 4.92. The maximum Gasteiger partial charge on any atom is 0.226 e. The fourth-order valence-electron chi connectivity index (χ4n) is 1.66. The van der Waals surface area contributed by atoms with Crippen molar-refractivity contribution in [2.24, 2.45) is 0 Å². The van der Waals surface area contributed by atoms with Gasteiger partial charge in [0.2, 0.25) is 11.0 Å². The minimum Gasteiger partial charge on any atom is -0.300 e. The zero-order valence-corrected chi connectivity index (χ0v) is 15.1. The molecule has 0 aliphatic rings.